The molecular formula is C12H10F3N3O3. The molecule has 0 radical (unpaired) electrons. The minimum absolute atomic E-state index is 0.0130. The van der Waals surface area contributed by atoms with Crippen molar-refractivity contribution in [3.05, 3.63) is 51.8 Å². The van der Waals surface area contributed by atoms with Crippen LogP contribution in [0.4, 0.5) is 18.9 Å². The Labute approximate surface area is 116 Å². The highest BCUT2D eigenvalue weighted by Gasteiger charge is 2.33. The number of nitrogens with zero attached hydrogens (tertiary/aromatic N) is 3. The molecule has 1 aromatic heterocycles. The number of ether oxygens (including phenoxy) is 1. The molecule has 1 aromatic carbocycles. The van der Waals surface area contributed by atoms with Crippen molar-refractivity contribution in [2.75, 3.05) is 7.11 Å². The first-order valence-corrected chi connectivity index (χ1v) is 5.73. The summed E-state index contributed by atoms with van der Waals surface area (Å²) in [6.07, 6.45) is -3.35. The smallest absolute Gasteiger partial charge is 0.435 e. The molecule has 21 heavy (non-hydrogen) atoms. The lowest BCUT2D eigenvalue weighted by atomic mass is 10.2. The SMILES string of the molecule is COc1ccc(Cn2ccc(C(F)(F)F)n2)cc1[N+](=O)[O-]. The summed E-state index contributed by atoms with van der Waals surface area (Å²) in [5.41, 5.74) is -0.817. The van der Waals surface area contributed by atoms with Crippen LogP contribution in [-0.2, 0) is 12.7 Å². The van der Waals surface area contributed by atoms with Crippen LogP contribution in [0, 0.1) is 10.1 Å². The lowest BCUT2D eigenvalue weighted by molar-refractivity contribution is -0.385. The van der Waals surface area contributed by atoms with Gasteiger partial charge in [-0.1, -0.05) is 6.07 Å². The third kappa shape index (κ3) is 3.30. The number of nitro benzene ring substituents is 1. The van der Waals surface area contributed by atoms with Gasteiger partial charge in [0.15, 0.2) is 11.4 Å². The van der Waals surface area contributed by atoms with Gasteiger partial charge >= 0.3 is 11.9 Å². The maximum atomic E-state index is 12.4. The molecule has 2 aromatic rings. The number of aromatic nitrogens is 2. The summed E-state index contributed by atoms with van der Waals surface area (Å²) >= 11 is 0. The van der Waals surface area contributed by atoms with Gasteiger partial charge in [0.2, 0.25) is 0 Å². The van der Waals surface area contributed by atoms with Crippen molar-refractivity contribution in [2.45, 2.75) is 12.7 Å². The minimum Gasteiger partial charge on any atom is -0.490 e. The van der Waals surface area contributed by atoms with Gasteiger partial charge in [-0.25, -0.2) is 0 Å². The summed E-state index contributed by atoms with van der Waals surface area (Å²) < 4.78 is 43.2. The molecule has 0 saturated heterocycles. The van der Waals surface area contributed by atoms with E-state index in [-0.39, 0.29) is 18.0 Å². The first-order chi connectivity index (χ1) is 9.81. The van der Waals surface area contributed by atoms with E-state index in [1.807, 2.05) is 0 Å². The van der Waals surface area contributed by atoms with Gasteiger partial charge in [-0.05, 0) is 17.7 Å². The number of methoxy groups -OCH3 is 1. The number of alkyl halides is 3. The lowest BCUT2D eigenvalue weighted by Crippen LogP contribution is -2.08. The van der Waals surface area contributed by atoms with Crippen LogP contribution in [-0.4, -0.2) is 21.8 Å². The molecule has 0 spiro atoms. The second-order valence-corrected chi connectivity index (χ2v) is 4.16. The zero-order valence-electron chi connectivity index (χ0n) is 10.8. The Morgan fingerprint density at radius 2 is 2.10 bits per heavy atom. The Kier molecular flexibility index (Phi) is 3.83. The summed E-state index contributed by atoms with van der Waals surface area (Å²) in [7, 11) is 1.30. The van der Waals surface area contributed by atoms with E-state index in [1.165, 1.54) is 31.5 Å². The predicted molar refractivity (Wildman–Crippen MR) is 66.0 cm³/mol. The van der Waals surface area contributed by atoms with Crippen molar-refractivity contribution in [3.8, 4) is 5.75 Å². The van der Waals surface area contributed by atoms with E-state index in [1.54, 1.807) is 0 Å². The number of halogens is 3. The highest BCUT2D eigenvalue weighted by Crippen LogP contribution is 2.29. The van der Waals surface area contributed by atoms with E-state index in [4.69, 9.17) is 4.74 Å². The summed E-state index contributed by atoms with van der Waals surface area (Å²) in [4.78, 5) is 10.3. The molecule has 0 aliphatic carbocycles. The van der Waals surface area contributed by atoms with E-state index in [0.29, 0.717) is 5.56 Å². The second-order valence-electron chi connectivity index (χ2n) is 4.16. The molecule has 0 amide bonds. The fraction of sp³-hybridized carbons (Fsp3) is 0.250. The molecule has 0 aliphatic rings. The Morgan fingerprint density at radius 3 is 2.62 bits per heavy atom. The first-order valence-electron chi connectivity index (χ1n) is 5.73. The van der Waals surface area contributed by atoms with Crippen molar-refractivity contribution < 1.29 is 22.8 Å². The van der Waals surface area contributed by atoms with Gasteiger partial charge in [0.25, 0.3) is 0 Å². The lowest BCUT2D eigenvalue weighted by Gasteiger charge is -2.06. The summed E-state index contributed by atoms with van der Waals surface area (Å²) in [6.45, 7) is -0.0130. The van der Waals surface area contributed by atoms with Crippen LogP contribution in [0.5, 0.6) is 5.75 Å². The van der Waals surface area contributed by atoms with Crippen molar-refractivity contribution in [3.63, 3.8) is 0 Å². The third-order valence-corrected chi connectivity index (χ3v) is 2.72. The monoisotopic (exact) mass is 301 g/mol. The Bertz CT molecular complexity index is 667. The van der Waals surface area contributed by atoms with Crippen LogP contribution in [0.25, 0.3) is 0 Å². The summed E-state index contributed by atoms with van der Waals surface area (Å²) in [5.74, 6) is 0.0835. The van der Waals surface area contributed by atoms with E-state index in [9.17, 15) is 23.3 Å². The first kappa shape index (κ1) is 14.8. The van der Waals surface area contributed by atoms with Gasteiger partial charge in [-0.2, -0.15) is 18.3 Å². The van der Waals surface area contributed by atoms with E-state index < -0.39 is 16.8 Å². The number of hydrogen-bond donors (Lipinski definition) is 0. The molecule has 1 heterocycles. The van der Waals surface area contributed by atoms with Crippen molar-refractivity contribution >= 4 is 5.69 Å². The quantitative estimate of drug-likeness (QED) is 0.643. The Morgan fingerprint density at radius 1 is 1.38 bits per heavy atom. The second kappa shape index (κ2) is 5.43. The van der Waals surface area contributed by atoms with Crippen LogP contribution in [0.15, 0.2) is 30.5 Å². The van der Waals surface area contributed by atoms with Gasteiger partial charge < -0.3 is 4.74 Å². The van der Waals surface area contributed by atoms with Gasteiger partial charge in [0.05, 0.1) is 18.6 Å². The molecule has 6 nitrogen and oxygen atoms in total. The third-order valence-electron chi connectivity index (χ3n) is 2.72. The summed E-state index contributed by atoms with van der Waals surface area (Å²) in [5, 5.41) is 14.3. The molecule has 0 bridgehead atoms. The standard InChI is InChI=1S/C12H10F3N3O3/c1-21-10-3-2-8(6-9(10)18(19)20)7-17-5-4-11(16-17)12(13,14)15/h2-6H,7H2,1H3. The maximum Gasteiger partial charge on any atom is 0.435 e. The largest absolute Gasteiger partial charge is 0.490 e. The van der Waals surface area contributed by atoms with Crippen LogP contribution in [0.1, 0.15) is 11.3 Å². The highest BCUT2D eigenvalue weighted by molar-refractivity contribution is 5.48. The molecular weight excluding hydrogens is 291 g/mol. The number of hydrogen-bond acceptors (Lipinski definition) is 4. The molecule has 0 saturated carbocycles. The van der Waals surface area contributed by atoms with Crippen LogP contribution < -0.4 is 4.74 Å². The molecule has 0 N–H and O–H groups in total. The molecule has 9 heteroatoms. The fourth-order valence-corrected chi connectivity index (χ4v) is 1.76. The van der Waals surface area contributed by atoms with Crippen molar-refractivity contribution in [1.82, 2.24) is 9.78 Å². The number of benzene rings is 1. The van der Waals surface area contributed by atoms with E-state index in [2.05, 4.69) is 5.10 Å². The van der Waals surface area contributed by atoms with Gasteiger partial charge in [0, 0.05) is 12.3 Å². The number of rotatable bonds is 4. The van der Waals surface area contributed by atoms with Gasteiger partial charge in [0.1, 0.15) is 0 Å². The predicted octanol–water partition coefficient (Wildman–Crippen LogP) is 2.87. The van der Waals surface area contributed by atoms with Crippen LogP contribution >= 0.6 is 0 Å². The van der Waals surface area contributed by atoms with Crippen molar-refractivity contribution in [1.29, 1.82) is 0 Å². The molecule has 0 fully saturated rings. The molecule has 2 rings (SSSR count). The summed E-state index contributed by atoms with van der Waals surface area (Å²) in [6, 6.07) is 5.01. The minimum atomic E-state index is -4.52. The zero-order chi connectivity index (χ0) is 15.6. The highest BCUT2D eigenvalue weighted by atomic mass is 19.4. The van der Waals surface area contributed by atoms with Crippen LogP contribution in [0.3, 0.4) is 0 Å². The average Bonchev–Trinajstić information content (AvgIpc) is 2.87. The Hall–Kier alpha value is -2.58. The topological polar surface area (TPSA) is 70.2 Å². The molecule has 0 atom stereocenters. The molecule has 112 valence electrons. The fourth-order valence-electron chi connectivity index (χ4n) is 1.76. The van der Waals surface area contributed by atoms with E-state index in [0.717, 1.165) is 10.7 Å². The number of nitro groups is 1. The van der Waals surface area contributed by atoms with Gasteiger partial charge in [-0.3, -0.25) is 14.8 Å². The van der Waals surface area contributed by atoms with Crippen molar-refractivity contribution in [2.24, 2.45) is 0 Å². The van der Waals surface area contributed by atoms with Crippen LogP contribution in [0.2, 0.25) is 0 Å². The average molecular weight is 301 g/mol. The maximum absolute atomic E-state index is 12.4. The molecule has 0 aliphatic heterocycles. The normalized spacial score (nSPS) is 11.4. The van der Waals surface area contributed by atoms with E-state index >= 15 is 0 Å². The molecule has 0 unspecified atom stereocenters. The zero-order valence-corrected chi connectivity index (χ0v) is 10.8. The Balaban J connectivity index is 2.26. The van der Waals surface area contributed by atoms with Gasteiger partial charge in [-0.15, -0.1) is 0 Å².